The average Bonchev–Trinajstić information content (AvgIpc) is 2.73. The molecule has 0 saturated carbocycles. The van der Waals surface area contributed by atoms with E-state index in [1.165, 1.54) is 0 Å². The minimum Gasteiger partial charge on any atom is -0.279 e. The van der Waals surface area contributed by atoms with Gasteiger partial charge in [0, 0.05) is 18.5 Å². The molecule has 0 radical (unpaired) electrons. The van der Waals surface area contributed by atoms with E-state index < -0.39 is 17.6 Å². The van der Waals surface area contributed by atoms with Crippen molar-refractivity contribution in [3.05, 3.63) is 35.4 Å². The van der Waals surface area contributed by atoms with Gasteiger partial charge in [-0.15, -0.1) is 0 Å². The molecule has 18 heavy (non-hydrogen) atoms. The monoisotopic (exact) mass is 257 g/mol. The number of carbonyl (C=O) groups is 2. The largest absolute Gasteiger partial charge is 0.416 e. The van der Waals surface area contributed by atoms with Crippen LogP contribution < -0.4 is 0 Å². The SMILES string of the molecule is O=C1CCCN1C(=O)c1ccc(C(F)(F)F)cc1. The van der Waals surface area contributed by atoms with Gasteiger partial charge in [-0.25, -0.2) is 0 Å². The lowest BCUT2D eigenvalue weighted by atomic mass is 10.1. The number of nitrogens with zero attached hydrogens (tertiary/aromatic N) is 1. The Balaban J connectivity index is 2.19. The quantitative estimate of drug-likeness (QED) is 0.725. The lowest BCUT2D eigenvalue weighted by molar-refractivity contribution is -0.137. The van der Waals surface area contributed by atoms with Gasteiger partial charge in [0.25, 0.3) is 5.91 Å². The molecule has 0 unspecified atom stereocenters. The summed E-state index contributed by atoms with van der Waals surface area (Å²) in [5.41, 5.74) is -0.718. The number of rotatable bonds is 1. The Labute approximate surface area is 101 Å². The Morgan fingerprint density at radius 1 is 1.17 bits per heavy atom. The summed E-state index contributed by atoms with van der Waals surface area (Å²) in [5.74, 6) is -0.814. The zero-order valence-corrected chi connectivity index (χ0v) is 9.33. The van der Waals surface area contributed by atoms with E-state index in [1.807, 2.05) is 0 Å². The Morgan fingerprint density at radius 3 is 2.22 bits per heavy atom. The molecule has 1 saturated heterocycles. The average molecular weight is 257 g/mol. The van der Waals surface area contributed by atoms with Crippen molar-refractivity contribution in [2.24, 2.45) is 0 Å². The second kappa shape index (κ2) is 4.44. The van der Waals surface area contributed by atoms with Crippen LogP contribution in [0.15, 0.2) is 24.3 Å². The van der Waals surface area contributed by atoms with Crippen molar-refractivity contribution in [2.45, 2.75) is 19.0 Å². The highest BCUT2D eigenvalue weighted by Crippen LogP contribution is 2.29. The van der Waals surface area contributed by atoms with Crippen molar-refractivity contribution in [3.63, 3.8) is 0 Å². The predicted octanol–water partition coefficient (Wildman–Crippen LogP) is 2.47. The van der Waals surface area contributed by atoms with Crippen LogP contribution in [-0.2, 0) is 11.0 Å². The molecule has 2 rings (SSSR count). The number of amides is 2. The van der Waals surface area contributed by atoms with Crippen molar-refractivity contribution in [1.82, 2.24) is 4.90 Å². The predicted molar refractivity (Wildman–Crippen MR) is 56.7 cm³/mol. The third-order valence-corrected chi connectivity index (χ3v) is 2.78. The molecule has 1 fully saturated rings. The van der Waals surface area contributed by atoms with Gasteiger partial charge in [0.2, 0.25) is 5.91 Å². The zero-order valence-electron chi connectivity index (χ0n) is 9.33. The summed E-state index contributed by atoms with van der Waals surface area (Å²) in [5, 5.41) is 0. The molecule has 6 heteroatoms. The summed E-state index contributed by atoms with van der Waals surface area (Å²) >= 11 is 0. The van der Waals surface area contributed by atoms with E-state index in [1.54, 1.807) is 0 Å². The molecule has 3 nitrogen and oxygen atoms in total. The fraction of sp³-hybridized carbons (Fsp3) is 0.333. The zero-order chi connectivity index (χ0) is 13.3. The Kier molecular flexibility index (Phi) is 3.11. The smallest absolute Gasteiger partial charge is 0.279 e. The first-order valence-corrected chi connectivity index (χ1v) is 5.41. The van der Waals surface area contributed by atoms with Gasteiger partial charge in [0.05, 0.1) is 5.56 Å². The van der Waals surface area contributed by atoms with Crippen molar-refractivity contribution < 1.29 is 22.8 Å². The van der Waals surface area contributed by atoms with Crippen LogP contribution in [-0.4, -0.2) is 23.3 Å². The second-order valence-electron chi connectivity index (χ2n) is 4.03. The van der Waals surface area contributed by atoms with Gasteiger partial charge in [0.1, 0.15) is 0 Å². The van der Waals surface area contributed by atoms with Gasteiger partial charge in [-0.1, -0.05) is 0 Å². The Bertz CT molecular complexity index is 479. The molecule has 1 aromatic carbocycles. The highest BCUT2D eigenvalue weighted by molar-refractivity contribution is 6.05. The van der Waals surface area contributed by atoms with Gasteiger partial charge in [0.15, 0.2) is 0 Å². The van der Waals surface area contributed by atoms with Gasteiger partial charge in [-0.05, 0) is 30.7 Å². The number of benzene rings is 1. The first-order chi connectivity index (χ1) is 8.39. The molecule has 0 N–H and O–H groups in total. The van der Waals surface area contributed by atoms with E-state index in [9.17, 15) is 22.8 Å². The lowest BCUT2D eigenvalue weighted by Gasteiger charge is -2.14. The van der Waals surface area contributed by atoms with E-state index in [-0.39, 0.29) is 11.5 Å². The molecule has 96 valence electrons. The normalized spacial score (nSPS) is 16.2. The lowest BCUT2D eigenvalue weighted by Crippen LogP contribution is -2.31. The van der Waals surface area contributed by atoms with Crippen LogP contribution in [0.25, 0.3) is 0 Å². The maximum absolute atomic E-state index is 12.3. The number of hydrogen-bond acceptors (Lipinski definition) is 2. The van der Waals surface area contributed by atoms with Crippen LogP contribution in [0.3, 0.4) is 0 Å². The van der Waals surface area contributed by atoms with Gasteiger partial charge >= 0.3 is 6.18 Å². The van der Waals surface area contributed by atoms with Crippen LogP contribution in [0.4, 0.5) is 13.2 Å². The highest BCUT2D eigenvalue weighted by atomic mass is 19.4. The number of imide groups is 1. The molecular formula is C12H10F3NO2. The summed E-state index contributed by atoms with van der Waals surface area (Å²) in [6.45, 7) is 0.332. The highest BCUT2D eigenvalue weighted by Gasteiger charge is 2.31. The van der Waals surface area contributed by atoms with E-state index in [0.717, 1.165) is 29.2 Å². The fourth-order valence-corrected chi connectivity index (χ4v) is 1.82. The number of likely N-dealkylation sites (tertiary alicyclic amines) is 1. The molecule has 0 aliphatic carbocycles. The third-order valence-electron chi connectivity index (χ3n) is 2.78. The van der Waals surface area contributed by atoms with Crippen LogP contribution >= 0.6 is 0 Å². The van der Waals surface area contributed by atoms with Gasteiger partial charge in [-0.3, -0.25) is 14.5 Å². The molecule has 1 aliphatic heterocycles. The van der Waals surface area contributed by atoms with Gasteiger partial charge < -0.3 is 0 Å². The van der Waals surface area contributed by atoms with E-state index >= 15 is 0 Å². The molecule has 0 atom stereocenters. The van der Waals surface area contributed by atoms with Crippen molar-refractivity contribution in [2.75, 3.05) is 6.54 Å². The minimum atomic E-state index is -4.43. The number of carbonyl (C=O) groups excluding carboxylic acids is 2. The number of halogens is 3. The number of alkyl halides is 3. The van der Waals surface area contributed by atoms with Crippen molar-refractivity contribution in [1.29, 1.82) is 0 Å². The summed E-state index contributed by atoms with van der Waals surface area (Å²) < 4.78 is 37.0. The van der Waals surface area contributed by atoms with E-state index in [2.05, 4.69) is 0 Å². The minimum absolute atomic E-state index is 0.0956. The van der Waals surface area contributed by atoms with Crippen LogP contribution in [0.1, 0.15) is 28.8 Å². The maximum Gasteiger partial charge on any atom is 0.416 e. The molecule has 0 spiro atoms. The Hall–Kier alpha value is -1.85. The number of hydrogen-bond donors (Lipinski definition) is 0. The summed E-state index contributed by atoms with van der Waals surface area (Å²) in [7, 11) is 0. The first kappa shape index (κ1) is 12.6. The van der Waals surface area contributed by atoms with Crippen molar-refractivity contribution in [3.8, 4) is 0 Å². The standard InChI is InChI=1S/C12H10F3NO2/c13-12(14,15)9-5-3-8(4-6-9)11(18)16-7-1-2-10(16)17/h3-6H,1-2,7H2. The first-order valence-electron chi connectivity index (χ1n) is 5.41. The van der Waals surface area contributed by atoms with Crippen LogP contribution in [0.5, 0.6) is 0 Å². The van der Waals surface area contributed by atoms with E-state index in [0.29, 0.717) is 19.4 Å². The fourth-order valence-electron chi connectivity index (χ4n) is 1.82. The molecule has 0 bridgehead atoms. The molecule has 1 aliphatic rings. The molecular weight excluding hydrogens is 247 g/mol. The molecule has 1 aromatic rings. The summed E-state index contributed by atoms with van der Waals surface area (Å²) in [6, 6.07) is 3.87. The topological polar surface area (TPSA) is 37.4 Å². The van der Waals surface area contributed by atoms with Crippen LogP contribution in [0, 0.1) is 0 Å². The second-order valence-corrected chi connectivity index (χ2v) is 4.03. The van der Waals surface area contributed by atoms with E-state index in [4.69, 9.17) is 0 Å². The van der Waals surface area contributed by atoms with Crippen LogP contribution in [0.2, 0.25) is 0 Å². The maximum atomic E-state index is 12.3. The van der Waals surface area contributed by atoms with Crippen molar-refractivity contribution >= 4 is 11.8 Å². The molecule has 2 amide bonds. The summed E-state index contributed by atoms with van der Waals surface area (Å²) in [4.78, 5) is 24.3. The summed E-state index contributed by atoms with van der Waals surface area (Å²) in [6.07, 6.45) is -3.51. The Morgan fingerprint density at radius 2 is 1.78 bits per heavy atom. The molecule has 0 aromatic heterocycles. The van der Waals surface area contributed by atoms with Gasteiger partial charge in [-0.2, -0.15) is 13.2 Å². The molecule has 1 heterocycles. The third kappa shape index (κ3) is 2.37.